The number of hydrogen-bond acceptors (Lipinski definition) is 13. The van der Waals surface area contributed by atoms with Gasteiger partial charge in [-0.05, 0) is 22.1 Å². The van der Waals surface area contributed by atoms with Gasteiger partial charge in [-0.2, -0.15) is 14.2 Å². The van der Waals surface area contributed by atoms with Crippen molar-refractivity contribution in [1.29, 1.82) is 5.41 Å². The summed E-state index contributed by atoms with van der Waals surface area (Å²) in [7, 11) is -15.5. The zero-order chi connectivity index (χ0) is 27.4. The number of nitro groups is 1. The molecule has 0 saturated carbocycles. The molecule has 2 aliphatic carbocycles. The first kappa shape index (κ1) is 38.4. The summed E-state index contributed by atoms with van der Waals surface area (Å²) in [6.07, 6.45) is 0. The molecule has 0 heterocycles. The minimum absolute atomic E-state index is 0. The van der Waals surface area contributed by atoms with Gasteiger partial charge in [-0.25, -0.2) is 8.42 Å². The molecule has 2 aliphatic rings. The Labute approximate surface area is 284 Å². The number of nitrogens with zero attached hydrogens (tertiary/aromatic N) is 2. The number of nitrogens with one attached hydrogen (secondary N) is 2. The molecule has 23 heteroatoms. The summed E-state index contributed by atoms with van der Waals surface area (Å²) in [6.45, 7) is 0. The van der Waals surface area contributed by atoms with Crippen molar-refractivity contribution in [3.63, 3.8) is 0 Å². The molecule has 0 bridgehead atoms. The second-order valence-electron chi connectivity index (χ2n) is 6.81. The molecule has 0 fully saturated rings. The standard InChI is InChI=1S/C16H12N4O13S3.3Na/c17-14-12(36(31,32)33)5-11(35(28,29)30)7-1-2-8(16(22)13(7)14)18-19-9-3-6(34(25,26)27)4-10(15(9)21)20(23)24;;;/h1-5H,(H7-,17,18,19,21,22,25,26,27,28,29,30,31,32,33);;;/q;3*+1/p-2. The number of hydrogen-bond donors (Lipinski definition) is 5. The quantitative estimate of drug-likeness (QED) is 0.0436. The molecule has 17 nitrogen and oxygen atoms in total. The molecule has 192 valence electrons. The topological polar surface area (TPSA) is 307 Å². The van der Waals surface area contributed by atoms with E-state index in [1.165, 1.54) is 0 Å². The van der Waals surface area contributed by atoms with Crippen LogP contribution in [0.25, 0.3) is 0 Å². The summed E-state index contributed by atoms with van der Waals surface area (Å²) < 4.78 is 95.8. The number of rotatable bonds is 5. The molecule has 1 unspecified atom stereocenters. The van der Waals surface area contributed by atoms with Gasteiger partial charge in [-0.3, -0.25) is 30.0 Å². The van der Waals surface area contributed by atoms with E-state index in [9.17, 15) is 59.6 Å². The molecule has 0 saturated heterocycles. The maximum Gasteiger partial charge on any atom is 1.00 e. The third kappa shape index (κ3) is 8.23. The third-order valence-corrected chi connectivity index (χ3v) is 7.16. The van der Waals surface area contributed by atoms with Gasteiger partial charge in [-0.15, -0.1) is 0 Å². The monoisotopic (exact) mass is 631 g/mol. The van der Waals surface area contributed by atoms with Crippen LogP contribution >= 0.6 is 0 Å². The van der Waals surface area contributed by atoms with E-state index in [0.29, 0.717) is 12.1 Å². The average molecular weight is 631 g/mol. The second kappa shape index (κ2) is 13.6. The minimum atomic E-state index is -5.42. The van der Waals surface area contributed by atoms with Gasteiger partial charge in [0.15, 0.2) is 0 Å². The predicted octanol–water partition coefficient (Wildman–Crippen LogP) is -10.8. The molecule has 0 radical (unpaired) electrons. The van der Waals surface area contributed by atoms with E-state index in [1.807, 2.05) is 5.43 Å². The smallest absolute Gasteiger partial charge is 0.866 e. The molecule has 0 aliphatic heterocycles. The van der Waals surface area contributed by atoms with Crippen molar-refractivity contribution in [3.05, 3.63) is 76.3 Å². The van der Waals surface area contributed by atoms with Crippen molar-refractivity contribution in [3.8, 4) is 5.75 Å². The Balaban J connectivity index is 0.00000481. The molecule has 5 N–H and O–H groups in total. The van der Waals surface area contributed by atoms with Crippen molar-refractivity contribution in [1.82, 2.24) is 0 Å². The minimum Gasteiger partial charge on any atom is -0.866 e. The van der Waals surface area contributed by atoms with Crippen molar-refractivity contribution < 1.29 is 138 Å². The fraction of sp³-hybridized carbons (Fsp3) is 0. The van der Waals surface area contributed by atoms with Crippen LogP contribution in [-0.2, 0) is 34.9 Å². The summed E-state index contributed by atoms with van der Waals surface area (Å²) in [5.41, 5.74) is -1.58. The summed E-state index contributed by atoms with van der Waals surface area (Å²) >= 11 is 0. The van der Waals surface area contributed by atoms with Crippen LogP contribution in [0.1, 0.15) is 0 Å². The summed E-state index contributed by atoms with van der Waals surface area (Å²) in [6, 6.07) is 2.62. The number of benzene rings is 1. The van der Waals surface area contributed by atoms with E-state index < -0.39 is 93.6 Å². The Kier molecular flexibility index (Phi) is 13.3. The van der Waals surface area contributed by atoms with Crippen molar-refractivity contribution >= 4 is 42.1 Å². The van der Waals surface area contributed by atoms with Crippen LogP contribution in [0.4, 0.5) is 11.4 Å². The third-order valence-electron chi connectivity index (χ3n) is 4.55. The SMILES string of the molecule is N=c1c(=S(=O)([O-])O)cc(S(=O)(=O)[O-])c2ccc(=NNc3cc([S+](=O)(O)O)cc([N+](=O)[O-])c3[O-])c(=O)c1=2.[Na+].[Na+].[Na+]. The van der Waals surface area contributed by atoms with Gasteiger partial charge in [0.2, 0.25) is 10.3 Å². The Bertz CT molecular complexity index is 2010. The largest absolute Gasteiger partial charge is 1.00 e. The fourth-order valence-corrected chi connectivity index (χ4v) is 4.94. The van der Waals surface area contributed by atoms with Gasteiger partial charge < -0.3 is 18.8 Å². The Morgan fingerprint density at radius 2 is 1.62 bits per heavy atom. The number of anilines is 1. The van der Waals surface area contributed by atoms with Gasteiger partial charge >= 0.3 is 99.2 Å². The van der Waals surface area contributed by atoms with E-state index in [1.54, 1.807) is 0 Å². The van der Waals surface area contributed by atoms with Crippen molar-refractivity contribution in [2.45, 2.75) is 9.79 Å². The van der Waals surface area contributed by atoms with Gasteiger partial charge in [0, 0.05) is 21.4 Å². The molecular formula is C16H10N4Na3O13S3+. The molecule has 0 spiro atoms. The van der Waals surface area contributed by atoms with E-state index in [4.69, 9.17) is 5.41 Å². The zero-order valence-electron chi connectivity index (χ0n) is 19.9. The molecule has 1 atom stereocenters. The first-order valence-corrected chi connectivity index (χ1v) is 13.1. The normalized spacial score (nSPS) is 13.4. The molecule has 1 aromatic carbocycles. The van der Waals surface area contributed by atoms with E-state index in [0.717, 1.165) is 12.1 Å². The molecule has 39 heavy (non-hydrogen) atoms. The Morgan fingerprint density at radius 3 is 2.08 bits per heavy atom. The van der Waals surface area contributed by atoms with Gasteiger partial charge in [-0.1, -0.05) is 6.07 Å². The molecule has 3 rings (SSSR count). The Morgan fingerprint density at radius 1 is 1.05 bits per heavy atom. The molecule has 0 amide bonds. The first-order valence-electron chi connectivity index (χ1n) is 8.75. The predicted molar refractivity (Wildman–Crippen MR) is 112 cm³/mol. The molecule has 1 aromatic rings. The zero-order valence-corrected chi connectivity index (χ0v) is 28.4. The summed E-state index contributed by atoms with van der Waals surface area (Å²) in [5.74, 6) is -1.39. The van der Waals surface area contributed by atoms with Gasteiger partial charge in [0.05, 0.1) is 36.7 Å². The van der Waals surface area contributed by atoms with Crippen LogP contribution in [0.15, 0.2) is 50.0 Å². The van der Waals surface area contributed by atoms with Crippen LogP contribution in [0.5, 0.6) is 5.75 Å². The van der Waals surface area contributed by atoms with E-state index >= 15 is 0 Å². The fourth-order valence-electron chi connectivity index (χ4n) is 3.00. The van der Waals surface area contributed by atoms with Crippen LogP contribution < -0.4 is 115 Å². The van der Waals surface area contributed by atoms with Gasteiger partial charge in [0.25, 0.3) is 5.69 Å². The first-order chi connectivity index (χ1) is 16.3. The molecule has 0 aromatic heterocycles. The molecular weight excluding hydrogens is 621 g/mol. The summed E-state index contributed by atoms with van der Waals surface area (Å²) in [5, 5.41) is 31.1. The van der Waals surface area contributed by atoms with Crippen LogP contribution in [0.2, 0.25) is 0 Å². The van der Waals surface area contributed by atoms with E-state index in [2.05, 4.69) is 5.10 Å². The summed E-state index contributed by atoms with van der Waals surface area (Å²) in [4.78, 5) is 20.5. The maximum atomic E-state index is 12.9. The average Bonchev–Trinajstić information content (AvgIpc) is 2.71. The van der Waals surface area contributed by atoms with E-state index in [-0.39, 0.29) is 94.7 Å². The number of nitro benzene ring substituents is 1. The van der Waals surface area contributed by atoms with Crippen molar-refractivity contribution in [2.24, 2.45) is 5.10 Å². The maximum absolute atomic E-state index is 12.9. The van der Waals surface area contributed by atoms with Crippen LogP contribution in [0.3, 0.4) is 0 Å². The van der Waals surface area contributed by atoms with Crippen molar-refractivity contribution in [2.75, 3.05) is 5.43 Å². The second-order valence-corrected chi connectivity index (χ2v) is 11.0. The Hall–Kier alpha value is -0.630. The van der Waals surface area contributed by atoms with Gasteiger partial charge in [0.1, 0.15) is 15.5 Å². The van der Waals surface area contributed by atoms with Crippen LogP contribution in [-0.4, -0.2) is 40.3 Å². The van der Waals surface area contributed by atoms with Crippen LogP contribution in [0, 0.1) is 30.5 Å².